The highest BCUT2D eigenvalue weighted by Crippen LogP contribution is 2.35. The van der Waals surface area contributed by atoms with E-state index in [1.54, 1.807) is 10.9 Å². The van der Waals surface area contributed by atoms with Gasteiger partial charge in [0, 0.05) is 23.4 Å². The third kappa shape index (κ3) is 4.55. The Morgan fingerprint density at radius 1 is 0.944 bits per heavy atom. The topological polar surface area (TPSA) is 147 Å². The molecule has 0 saturated carbocycles. The van der Waals surface area contributed by atoms with Crippen LogP contribution in [-0.2, 0) is 0 Å². The summed E-state index contributed by atoms with van der Waals surface area (Å²) in [5.74, 6) is 1.25. The predicted octanol–water partition coefficient (Wildman–Crippen LogP) is 4.57. The van der Waals surface area contributed by atoms with E-state index in [1.807, 2.05) is 48.5 Å². The zero-order valence-corrected chi connectivity index (χ0v) is 18.6. The number of anilines is 1. The Labute approximate surface area is 203 Å². The summed E-state index contributed by atoms with van der Waals surface area (Å²) < 4.78 is 13.0. The number of ether oxygens (including phenoxy) is 2. The maximum absolute atomic E-state index is 11.4. The molecule has 0 unspecified atom stereocenters. The minimum Gasteiger partial charge on any atom is -0.486 e. The molecule has 1 aromatic heterocycles. The smallest absolute Gasteiger partial charge is 0.301 e. The standard InChI is InChI=1S/C24H18N6O6/c31-29(32)19-7-8-20(21(13-19)30(33)34)26-25-14-17-15-28(18-4-2-1-3-5-18)27-24(17)16-6-9-22-23(12-16)36-11-10-35-22/h1-9,12-15,26H,10-11H2. The minimum atomic E-state index is -0.709. The molecule has 2 heterocycles. The molecular weight excluding hydrogens is 468 g/mol. The number of para-hydroxylation sites is 1. The van der Waals surface area contributed by atoms with Crippen LogP contribution in [0.15, 0.2) is 78.0 Å². The number of rotatable bonds is 7. The first kappa shape index (κ1) is 22.5. The van der Waals surface area contributed by atoms with E-state index in [-0.39, 0.29) is 11.4 Å². The number of non-ortho nitro benzene ring substituents is 1. The average molecular weight is 486 g/mol. The first-order chi connectivity index (χ1) is 17.5. The van der Waals surface area contributed by atoms with Gasteiger partial charge >= 0.3 is 5.69 Å². The van der Waals surface area contributed by atoms with Crippen LogP contribution in [0.2, 0.25) is 0 Å². The maximum Gasteiger partial charge on any atom is 0.301 e. The van der Waals surface area contributed by atoms with E-state index in [0.717, 1.165) is 17.3 Å². The van der Waals surface area contributed by atoms with Gasteiger partial charge in [0.05, 0.1) is 27.8 Å². The normalized spacial score (nSPS) is 12.4. The van der Waals surface area contributed by atoms with Crippen LogP contribution in [0.5, 0.6) is 11.5 Å². The second-order valence-corrected chi connectivity index (χ2v) is 7.66. The third-order valence-electron chi connectivity index (χ3n) is 5.36. The third-order valence-corrected chi connectivity index (χ3v) is 5.36. The van der Waals surface area contributed by atoms with E-state index in [9.17, 15) is 20.2 Å². The van der Waals surface area contributed by atoms with E-state index < -0.39 is 15.5 Å². The van der Waals surface area contributed by atoms with Gasteiger partial charge in [0.2, 0.25) is 0 Å². The Bertz CT molecular complexity index is 1480. The molecule has 36 heavy (non-hydrogen) atoms. The first-order valence-corrected chi connectivity index (χ1v) is 10.8. The fraction of sp³-hybridized carbons (Fsp3) is 0.0833. The number of fused-ring (bicyclic) bond motifs is 1. The van der Waals surface area contributed by atoms with Crippen LogP contribution in [0.1, 0.15) is 5.56 Å². The lowest BCUT2D eigenvalue weighted by atomic mass is 10.1. The SMILES string of the molecule is O=[N+]([O-])c1ccc(NN=Cc2cn(-c3ccccc3)nc2-c2ccc3c(c2)OCCO3)c([N+](=O)[O-])c1. The van der Waals surface area contributed by atoms with Crippen LogP contribution in [0.3, 0.4) is 0 Å². The number of nitro benzene ring substituents is 2. The van der Waals surface area contributed by atoms with E-state index in [4.69, 9.17) is 14.6 Å². The number of hydrazone groups is 1. The van der Waals surface area contributed by atoms with Crippen molar-refractivity contribution in [3.05, 3.63) is 98.7 Å². The molecule has 4 aromatic rings. The zero-order chi connectivity index (χ0) is 25.1. The predicted molar refractivity (Wildman–Crippen MR) is 131 cm³/mol. The van der Waals surface area contributed by atoms with Crippen LogP contribution in [0.4, 0.5) is 17.1 Å². The molecule has 1 aliphatic heterocycles. The van der Waals surface area contributed by atoms with E-state index in [1.165, 1.54) is 18.3 Å². The molecule has 0 aliphatic carbocycles. The summed E-state index contributed by atoms with van der Waals surface area (Å²) in [4.78, 5) is 21.0. The van der Waals surface area contributed by atoms with Crippen LogP contribution in [0, 0.1) is 20.2 Å². The minimum absolute atomic E-state index is 0.0122. The summed E-state index contributed by atoms with van der Waals surface area (Å²) in [6.45, 7) is 0.925. The van der Waals surface area contributed by atoms with E-state index in [2.05, 4.69) is 10.5 Å². The van der Waals surface area contributed by atoms with Gasteiger partial charge in [-0.05, 0) is 36.4 Å². The van der Waals surface area contributed by atoms with Crippen LogP contribution < -0.4 is 14.9 Å². The van der Waals surface area contributed by atoms with Gasteiger partial charge in [0.15, 0.2) is 11.5 Å². The lowest BCUT2D eigenvalue weighted by molar-refractivity contribution is -0.393. The summed E-state index contributed by atoms with van der Waals surface area (Å²) in [5.41, 5.74) is 4.57. The molecule has 1 aliphatic rings. The Kier molecular flexibility index (Phi) is 5.97. The molecule has 1 N–H and O–H groups in total. The summed E-state index contributed by atoms with van der Waals surface area (Å²) in [5, 5.41) is 31.2. The Balaban J connectivity index is 1.50. The molecule has 12 nitrogen and oxygen atoms in total. The van der Waals surface area contributed by atoms with Crippen molar-refractivity contribution >= 4 is 23.3 Å². The maximum atomic E-state index is 11.4. The fourth-order valence-electron chi connectivity index (χ4n) is 3.66. The highest BCUT2D eigenvalue weighted by Gasteiger charge is 2.20. The van der Waals surface area contributed by atoms with Crippen LogP contribution in [-0.4, -0.2) is 39.1 Å². The van der Waals surface area contributed by atoms with Gasteiger partial charge in [-0.15, -0.1) is 0 Å². The lowest BCUT2D eigenvalue weighted by Gasteiger charge is -2.18. The molecule has 0 fully saturated rings. The van der Waals surface area contributed by atoms with Gasteiger partial charge in [-0.25, -0.2) is 4.68 Å². The van der Waals surface area contributed by atoms with Crippen LogP contribution >= 0.6 is 0 Å². The summed E-state index contributed by atoms with van der Waals surface area (Å²) >= 11 is 0. The number of aromatic nitrogens is 2. The Morgan fingerprint density at radius 2 is 1.72 bits per heavy atom. The summed E-state index contributed by atoms with van der Waals surface area (Å²) in [6, 6.07) is 18.3. The first-order valence-electron chi connectivity index (χ1n) is 10.8. The second-order valence-electron chi connectivity index (χ2n) is 7.66. The lowest BCUT2D eigenvalue weighted by Crippen LogP contribution is -2.15. The largest absolute Gasteiger partial charge is 0.486 e. The summed E-state index contributed by atoms with van der Waals surface area (Å²) in [7, 11) is 0. The Hall–Kier alpha value is -5.26. The van der Waals surface area contributed by atoms with Crippen molar-refractivity contribution in [2.24, 2.45) is 5.10 Å². The monoisotopic (exact) mass is 486 g/mol. The molecule has 3 aromatic carbocycles. The molecule has 0 radical (unpaired) electrons. The molecular formula is C24H18N6O6. The highest BCUT2D eigenvalue weighted by molar-refractivity contribution is 5.89. The Morgan fingerprint density at radius 3 is 2.47 bits per heavy atom. The zero-order valence-electron chi connectivity index (χ0n) is 18.6. The molecule has 0 spiro atoms. The van der Waals surface area contributed by atoms with Crippen molar-refractivity contribution in [3.8, 4) is 28.4 Å². The number of benzene rings is 3. The van der Waals surface area contributed by atoms with Gasteiger partial charge < -0.3 is 9.47 Å². The molecule has 180 valence electrons. The molecule has 5 rings (SSSR count). The van der Waals surface area contributed by atoms with Crippen molar-refractivity contribution in [3.63, 3.8) is 0 Å². The van der Waals surface area contributed by atoms with Crippen molar-refractivity contribution in [2.75, 3.05) is 18.6 Å². The van der Waals surface area contributed by atoms with Crippen molar-refractivity contribution in [2.45, 2.75) is 0 Å². The highest BCUT2D eigenvalue weighted by atomic mass is 16.6. The van der Waals surface area contributed by atoms with Gasteiger partial charge in [-0.1, -0.05) is 18.2 Å². The molecule has 0 saturated heterocycles. The van der Waals surface area contributed by atoms with Crippen LogP contribution in [0.25, 0.3) is 16.9 Å². The molecule has 0 amide bonds. The number of nitro groups is 2. The van der Waals surface area contributed by atoms with Gasteiger partial charge in [0.1, 0.15) is 24.6 Å². The average Bonchev–Trinajstić information content (AvgIpc) is 3.33. The number of nitrogens with one attached hydrogen (secondary N) is 1. The summed E-state index contributed by atoms with van der Waals surface area (Å²) in [6.07, 6.45) is 3.25. The quantitative estimate of drug-likeness (QED) is 0.227. The molecule has 12 heteroatoms. The van der Waals surface area contributed by atoms with E-state index in [0.29, 0.717) is 36.0 Å². The van der Waals surface area contributed by atoms with Gasteiger partial charge in [-0.3, -0.25) is 25.7 Å². The van der Waals surface area contributed by atoms with Crippen molar-refractivity contribution < 1.29 is 19.3 Å². The van der Waals surface area contributed by atoms with E-state index >= 15 is 0 Å². The number of hydrogen-bond acceptors (Lipinski definition) is 9. The fourth-order valence-corrected chi connectivity index (χ4v) is 3.66. The molecule has 0 atom stereocenters. The van der Waals surface area contributed by atoms with Gasteiger partial charge in [-0.2, -0.15) is 10.2 Å². The molecule has 0 bridgehead atoms. The number of hydrogen-bond donors (Lipinski definition) is 1. The van der Waals surface area contributed by atoms with Crippen molar-refractivity contribution in [1.82, 2.24) is 9.78 Å². The second kappa shape index (κ2) is 9.54. The number of nitrogens with zero attached hydrogens (tertiary/aromatic N) is 5. The van der Waals surface area contributed by atoms with Gasteiger partial charge in [0.25, 0.3) is 5.69 Å². The van der Waals surface area contributed by atoms with Crippen molar-refractivity contribution in [1.29, 1.82) is 0 Å².